The minimum absolute atomic E-state index is 0.0410. The van der Waals surface area contributed by atoms with E-state index in [0.29, 0.717) is 0 Å². The lowest BCUT2D eigenvalue weighted by Gasteiger charge is -2.19. The van der Waals surface area contributed by atoms with Gasteiger partial charge in [-0.1, -0.05) is 12.1 Å². The molecule has 2 heterocycles. The number of aliphatic hydroxyl groups is 1. The Balaban J connectivity index is 1.96. The molecule has 0 spiro atoms. The molecule has 5 nitrogen and oxygen atoms in total. The summed E-state index contributed by atoms with van der Waals surface area (Å²) in [5, 5.41) is 11.7. The van der Waals surface area contributed by atoms with Gasteiger partial charge in [0.05, 0.1) is 38.9 Å². The number of aromatic nitrogens is 1. The molecular formula is C21H22NO4+. The van der Waals surface area contributed by atoms with E-state index < -0.39 is 0 Å². The average Bonchev–Trinajstić information content (AvgIpc) is 2.70. The number of benzene rings is 2. The lowest BCUT2D eigenvalue weighted by Crippen LogP contribution is -2.40. The SMILES string of the molecule is COc1cc2c(cc1OC)-c1cc3ccc(CO)c(OC)c3c[n+]1CC2. The predicted molar refractivity (Wildman–Crippen MR) is 98.9 cm³/mol. The van der Waals surface area contributed by atoms with Gasteiger partial charge < -0.3 is 19.3 Å². The van der Waals surface area contributed by atoms with Gasteiger partial charge in [0.25, 0.3) is 0 Å². The van der Waals surface area contributed by atoms with Crippen molar-refractivity contribution in [1.82, 2.24) is 0 Å². The fourth-order valence-electron chi connectivity index (χ4n) is 3.76. The first kappa shape index (κ1) is 16.7. The molecular weight excluding hydrogens is 330 g/mol. The second-order valence-corrected chi connectivity index (χ2v) is 6.39. The summed E-state index contributed by atoms with van der Waals surface area (Å²) in [6.07, 6.45) is 3.03. The third-order valence-corrected chi connectivity index (χ3v) is 5.08. The minimum atomic E-state index is -0.0410. The van der Waals surface area contributed by atoms with Crippen molar-refractivity contribution in [3.8, 4) is 28.5 Å². The molecule has 0 radical (unpaired) electrons. The number of fused-ring (bicyclic) bond motifs is 4. The van der Waals surface area contributed by atoms with Crippen molar-refractivity contribution in [3.05, 3.63) is 47.7 Å². The molecule has 0 fully saturated rings. The maximum absolute atomic E-state index is 9.57. The number of rotatable bonds is 4. The Labute approximate surface area is 152 Å². The van der Waals surface area contributed by atoms with E-state index in [2.05, 4.69) is 22.9 Å². The third kappa shape index (κ3) is 2.47. The van der Waals surface area contributed by atoms with Crippen LogP contribution in [0.1, 0.15) is 11.1 Å². The summed E-state index contributed by atoms with van der Waals surface area (Å²) in [6, 6.07) is 10.2. The van der Waals surface area contributed by atoms with Crippen LogP contribution in [-0.2, 0) is 19.6 Å². The fraction of sp³-hybridized carbons (Fsp3) is 0.286. The highest BCUT2D eigenvalue weighted by atomic mass is 16.5. The third-order valence-electron chi connectivity index (χ3n) is 5.08. The molecule has 1 aromatic heterocycles. The van der Waals surface area contributed by atoms with Crippen LogP contribution in [0.25, 0.3) is 22.0 Å². The van der Waals surface area contributed by atoms with E-state index in [1.54, 1.807) is 21.3 Å². The molecule has 3 aromatic rings. The van der Waals surface area contributed by atoms with E-state index in [1.807, 2.05) is 18.2 Å². The molecule has 26 heavy (non-hydrogen) atoms. The Hall–Kier alpha value is -2.79. The van der Waals surface area contributed by atoms with Crippen molar-refractivity contribution >= 4 is 10.8 Å². The smallest absolute Gasteiger partial charge is 0.213 e. The number of hydrogen-bond acceptors (Lipinski definition) is 4. The van der Waals surface area contributed by atoms with Crippen LogP contribution in [0.5, 0.6) is 17.2 Å². The Morgan fingerprint density at radius 1 is 1.00 bits per heavy atom. The van der Waals surface area contributed by atoms with Gasteiger partial charge in [0.1, 0.15) is 5.75 Å². The summed E-state index contributed by atoms with van der Waals surface area (Å²) in [5.74, 6) is 2.22. The zero-order valence-electron chi connectivity index (χ0n) is 15.2. The molecule has 2 aromatic carbocycles. The molecule has 0 bridgehead atoms. The molecule has 5 heteroatoms. The average molecular weight is 352 g/mol. The number of hydrogen-bond donors (Lipinski definition) is 1. The molecule has 0 saturated heterocycles. The topological polar surface area (TPSA) is 51.8 Å². The highest BCUT2D eigenvalue weighted by Crippen LogP contribution is 2.38. The second kappa shape index (κ2) is 6.50. The lowest BCUT2D eigenvalue weighted by atomic mass is 9.94. The molecule has 1 aliphatic rings. The Bertz CT molecular complexity index is 997. The highest BCUT2D eigenvalue weighted by molar-refractivity contribution is 5.90. The quantitative estimate of drug-likeness (QED) is 0.734. The van der Waals surface area contributed by atoms with E-state index in [4.69, 9.17) is 14.2 Å². The normalized spacial score (nSPS) is 12.5. The van der Waals surface area contributed by atoms with Crippen LogP contribution in [0, 0.1) is 0 Å². The van der Waals surface area contributed by atoms with Crippen LogP contribution in [0.3, 0.4) is 0 Å². The molecule has 0 aliphatic carbocycles. The van der Waals surface area contributed by atoms with Crippen LogP contribution in [0.2, 0.25) is 0 Å². The maximum Gasteiger partial charge on any atom is 0.213 e. The number of aliphatic hydroxyl groups excluding tert-OH is 1. The maximum atomic E-state index is 9.57. The van der Waals surface area contributed by atoms with Gasteiger partial charge >= 0.3 is 0 Å². The van der Waals surface area contributed by atoms with Gasteiger partial charge in [-0.3, -0.25) is 0 Å². The van der Waals surface area contributed by atoms with E-state index in [1.165, 1.54) is 5.56 Å². The fourth-order valence-corrected chi connectivity index (χ4v) is 3.76. The standard InChI is InChI=1S/C21H22NO4/c1-24-19-9-14-6-7-22-11-17-13(4-5-15(12-23)21(17)26-3)8-18(22)16(14)10-20(19)25-2/h4-5,8-11,23H,6-7,12H2,1-3H3/q+1. The van der Waals surface area contributed by atoms with Crippen molar-refractivity contribution in [2.75, 3.05) is 21.3 Å². The van der Waals surface area contributed by atoms with E-state index in [9.17, 15) is 5.11 Å². The predicted octanol–water partition coefficient (Wildman–Crippen LogP) is 2.87. The Kier molecular flexibility index (Phi) is 4.17. The molecule has 4 rings (SSSR count). The zero-order chi connectivity index (χ0) is 18.3. The van der Waals surface area contributed by atoms with Crippen molar-refractivity contribution in [3.63, 3.8) is 0 Å². The first-order valence-corrected chi connectivity index (χ1v) is 8.59. The molecule has 0 saturated carbocycles. The van der Waals surface area contributed by atoms with Gasteiger partial charge in [-0.05, 0) is 23.1 Å². The molecule has 134 valence electrons. The summed E-state index contributed by atoms with van der Waals surface area (Å²) >= 11 is 0. The number of ether oxygens (including phenoxy) is 3. The van der Waals surface area contributed by atoms with Crippen LogP contribution in [0.15, 0.2) is 36.5 Å². The van der Waals surface area contributed by atoms with Crippen LogP contribution < -0.4 is 18.8 Å². The second-order valence-electron chi connectivity index (χ2n) is 6.39. The summed E-state index contributed by atoms with van der Waals surface area (Å²) in [6.45, 7) is 0.834. The van der Waals surface area contributed by atoms with Crippen molar-refractivity contribution in [2.45, 2.75) is 19.6 Å². The van der Waals surface area contributed by atoms with Gasteiger partial charge in [0, 0.05) is 18.1 Å². The molecule has 1 aliphatic heterocycles. The largest absolute Gasteiger partial charge is 0.495 e. The molecule has 0 atom stereocenters. The summed E-state index contributed by atoms with van der Waals surface area (Å²) < 4.78 is 18.7. The first-order valence-electron chi connectivity index (χ1n) is 8.59. The van der Waals surface area contributed by atoms with Crippen molar-refractivity contribution < 1.29 is 23.9 Å². The number of nitrogens with zero attached hydrogens (tertiary/aromatic N) is 1. The van der Waals surface area contributed by atoms with Gasteiger partial charge in [-0.25, -0.2) is 0 Å². The van der Waals surface area contributed by atoms with Crippen molar-refractivity contribution in [2.24, 2.45) is 0 Å². The van der Waals surface area contributed by atoms with E-state index >= 15 is 0 Å². The molecule has 0 unspecified atom stereocenters. The molecule has 0 amide bonds. The number of aryl methyl sites for hydroxylation is 2. The minimum Gasteiger partial charge on any atom is -0.495 e. The van der Waals surface area contributed by atoms with Crippen LogP contribution in [-0.4, -0.2) is 26.4 Å². The van der Waals surface area contributed by atoms with Gasteiger partial charge in [0.2, 0.25) is 5.69 Å². The van der Waals surface area contributed by atoms with Crippen LogP contribution >= 0.6 is 0 Å². The number of pyridine rings is 1. The number of methoxy groups -OCH3 is 3. The summed E-state index contributed by atoms with van der Waals surface area (Å²) in [7, 11) is 4.96. The zero-order valence-corrected chi connectivity index (χ0v) is 15.2. The molecule has 1 N–H and O–H groups in total. The van der Waals surface area contributed by atoms with Gasteiger partial charge in [-0.2, -0.15) is 4.57 Å². The first-order chi connectivity index (χ1) is 12.7. The van der Waals surface area contributed by atoms with E-state index in [0.717, 1.165) is 57.8 Å². The van der Waals surface area contributed by atoms with E-state index in [-0.39, 0.29) is 6.61 Å². The summed E-state index contributed by atoms with van der Waals surface area (Å²) in [4.78, 5) is 0. The van der Waals surface area contributed by atoms with Crippen molar-refractivity contribution in [1.29, 1.82) is 0 Å². The lowest BCUT2D eigenvalue weighted by molar-refractivity contribution is -0.686. The van der Waals surface area contributed by atoms with Crippen LogP contribution in [0.4, 0.5) is 0 Å². The summed E-state index contributed by atoms with van der Waals surface area (Å²) in [5.41, 5.74) is 4.34. The Morgan fingerprint density at radius 2 is 1.77 bits per heavy atom. The monoisotopic (exact) mass is 352 g/mol. The van der Waals surface area contributed by atoms with Gasteiger partial charge in [0.15, 0.2) is 24.2 Å². The Morgan fingerprint density at radius 3 is 2.46 bits per heavy atom. The van der Waals surface area contributed by atoms with Gasteiger partial charge in [-0.15, -0.1) is 0 Å². The highest BCUT2D eigenvalue weighted by Gasteiger charge is 2.26.